The highest BCUT2D eigenvalue weighted by atomic mass is 32.2. The smallest absolute Gasteiger partial charge is 0.252 e. The molecule has 0 spiro atoms. The third-order valence-corrected chi connectivity index (χ3v) is 8.04. The van der Waals surface area contributed by atoms with E-state index in [-0.39, 0.29) is 18.4 Å². The van der Waals surface area contributed by atoms with E-state index in [0.29, 0.717) is 30.1 Å². The Morgan fingerprint density at radius 3 is 2.78 bits per heavy atom. The molecule has 27 heavy (non-hydrogen) atoms. The van der Waals surface area contributed by atoms with Crippen molar-refractivity contribution in [3.8, 4) is 5.75 Å². The van der Waals surface area contributed by atoms with E-state index in [1.807, 2.05) is 24.3 Å². The number of rotatable bonds is 6. The van der Waals surface area contributed by atoms with Crippen molar-refractivity contribution in [2.45, 2.75) is 23.6 Å². The zero-order valence-electron chi connectivity index (χ0n) is 15.5. The maximum atomic E-state index is 12.9. The highest BCUT2D eigenvalue weighted by molar-refractivity contribution is 7.91. The maximum Gasteiger partial charge on any atom is 0.252 e. The quantitative estimate of drug-likeness (QED) is 0.737. The Bertz CT molecular complexity index is 881. The van der Waals surface area contributed by atoms with Gasteiger partial charge in [0.1, 0.15) is 9.96 Å². The molecule has 8 heteroatoms. The number of carbonyl (C=O) groups is 1. The zero-order chi connectivity index (χ0) is 19.4. The lowest BCUT2D eigenvalue weighted by atomic mass is 9.98. The molecular weight excluding hydrogens is 384 g/mol. The lowest BCUT2D eigenvalue weighted by molar-refractivity contribution is -0.135. The molecule has 1 aliphatic rings. The number of nitrogens with zero attached hydrogens (tertiary/aromatic N) is 2. The minimum atomic E-state index is -3.52. The number of sulfonamides is 1. The molecule has 0 unspecified atom stereocenters. The Labute approximate surface area is 164 Å². The van der Waals surface area contributed by atoms with E-state index < -0.39 is 10.0 Å². The Morgan fingerprint density at radius 2 is 2.07 bits per heavy atom. The van der Waals surface area contributed by atoms with Gasteiger partial charge in [0.25, 0.3) is 10.0 Å². The largest absolute Gasteiger partial charge is 0.496 e. The van der Waals surface area contributed by atoms with Gasteiger partial charge >= 0.3 is 0 Å². The van der Waals surface area contributed by atoms with Crippen LogP contribution in [-0.2, 0) is 21.4 Å². The first-order valence-corrected chi connectivity index (χ1v) is 11.2. The molecule has 3 rings (SSSR count). The van der Waals surface area contributed by atoms with Gasteiger partial charge in [-0.05, 0) is 30.4 Å². The van der Waals surface area contributed by atoms with Gasteiger partial charge < -0.3 is 9.64 Å². The summed E-state index contributed by atoms with van der Waals surface area (Å²) >= 11 is 1.21. The molecule has 1 aliphatic heterocycles. The minimum Gasteiger partial charge on any atom is -0.496 e. The van der Waals surface area contributed by atoms with Crippen LogP contribution >= 0.6 is 11.3 Å². The number of hydrogen-bond donors (Lipinski definition) is 0. The zero-order valence-corrected chi connectivity index (χ0v) is 17.1. The average molecular weight is 409 g/mol. The van der Waals surface area contributed by atoms with Crippen molar-refractivity contribution in [3.63, 3.8) is 0 Å². The van der Waals surface area contributed by atoms with Crippen LogP contribution in [0.25, 0.3) is 0 Å². The van der Waals surface area contributed by atoms with Gasteiger partial charge in [-0.25, -0.2) is 8.42 Å². The summed E-state index contributed by atoms with van der Waals surface area (Å²) < 4.78 is 32.6. The van der Waals surface area contributed by atoms with Crippen molar-refractivity contribution in [1.82, 2.24) is 9.21 Å². The molecule has 0 radical (unpaired) electrons. The van der Waals surface area contributed by atoms with Gasteiger partial charge in [-0.15, -0.1) is 11.3 Å². The summed E-state index contributed by atoms with van der Waals surface area (Å²) in [5.74, 6) is 0.378. The Balaban J connectivity index is 1.69. The normalized spacial score (nSPS) is 18.2. The summed E-state index contributed by atoms with van der Waals surface area (Å²) in [7, 11) is -0.162. The molecule has 1 amide bonds. The molecule has 6 nitrogen and oxygen atoms in total. The molecule has 2 aromatic rings. The van der Waals surface area contributed by atoms with Gasteiger partial charge in [-0.1, -0.05) is 24.3 Å². The van der Waals surface area contributed by atoms with Crippen molar-refractivity contribution in [2.24, 2.45) is 5.92 Å². The molecule has 146 valence electrons. The van der Waals surface area contributed by atoms with Crippen LogP contribution in [0.1, 0.15) is 18.4 Å². The maximum absolute atomic E-state index is 12.9. The summed E-state index contributed by atoms with van der Waals surface area (Å²) in [6, 6.07) is 10.9. The number of amides is 1. The fraction of sp³-hybridized carbons (Fsp3) is 0.421. The topological polar surface area (TPSA) is 66.9 Å². The molecule has 0 N–H and O–H groups in total. The van der Waals surface area contributed by atoms with Gasteiger partial charge in [0, 0.05) is 32.2 Å². The van der Waals surface area contributed by atoms with Crippen molar-refractivity contribution in [1.29, 1.82) is 0 Å². The lowest BCUT2D eigenvalue weighted by Crippen LogP contribution is -2.45. The third kappa shape index (κ3) is 4.34. The Kier molecular flexibility index (Phi) is 6.18. The number of methoxy groups -OCH3 is 1. The first kappa shape index (κ1) is 19.9. The molecule has 1 atom stereocenters. The van der Waals surface area contributed by atoms with E-state index in [9.17, 15) is 13.2 Å². The summed E-state index contributed by atoms with van der Waals surface area (Å²) in [5.41, 5.74) is 0.926. The fourth-order valence-electron chi connectivity index (χ4n) is 3.38. The number of para-hydroxylation sites is 1. The molecule has 1 aromatic carbocycles. The van der Waals surface area contributed by atoms with Crippen molar-refractivity contribution in [3.05, 3.63) is 47.3 Å². The second-order valence-corrected chi connectivity index (χ2v) is 9.75. The number of carbonyl (C=O) groups excluding carboxylic acids is 1. The molecule has 2 heterocycles. The van der Waals surface area contributed by atoms with Gasteiger partial charge in [-0.2, -0.15) is 4.31 Å². The first-order chi connectivity index (χ1) is 12.9. The standard InChI is InChI=1S/C19H24N2O4S2/c1-20(13-15-7-3-4-9-17(15)25-2)19(22)16-8-5-11-21(14-16)27(23,24)18-10-6-12-26-18/h3-4,6-7,9-10,12,16H,5,8,11,13-14H2,1-2H3/t16-/m0/s1. The van der Waals surface area contributed by atoms with E-state index in [0.717, 1.165) is 11.3 Å². The van der Waals surface area contributed by atoms with E-state index in [1.165, 1.54) is 15.6 Å². The highest BCUT2D eigenvalue weighted by Crippen LogP contribution is 2.28. The molecule has 1 saturated heterocycles. The number of ether oxygens (including phenoxy) is 1. The highest BCUT2D eigenvalue weighted by Gasteiger charge is 2.34. The van der Waals surface area contributed by atoms with Crippen LogP contribution in [0, 0.1) is 5.92 Å². The lowest BCUT2D eigenvalue weighted by Gasteiger charge is -2.33. The van der Waals surface area contributed by atoms with Crippen LogP contribution < -0.4 is 4.74 Å². The van der Waals surface area contributed by atoms with Gasteiger partial charge in [-0.3, -0.25) is 4.79 Å². The fourth-order valence-corrected chi connectivity index (χ4v) is 6.05. The second-order valence-electron chi connectivity index (χ2n) is 6.64. The Hall–Kier alpha value is -1.90. The number of thiophene rings is 1. The Morgan fingerprint density at radius 1 is 1.30 bits per heavy atom. The molecule has 0 saturated carbocycles. The predicted molar refractivity (Wildman–Crippen MR) is 105 cm³/mol. The van der Waals surface area contributed by atoms with Gasteiger partial charge in [0.2, 0.25) is 5.91 Å². The molecule has 0 aliphatic carbocycles. The molecule has 0 bridgehead atoms. The van der Waals surface area contributed by atoms with Crippen molar-refractivity contribution < 1.29 is 17.9 Å². The summed E-state index contributed by atoms with van der Waals surface area (Å²) in [5, 5.41) is 1.75. The summed E-state index contributed by atoms with van der Waals surface area (Å²) in [4.78, 5) is 14.6. The van der Waals surface area contributed by atoms with E-state index in [1.54, 1.807) is 36.6 Å². The number of piperidine rings is 1. The van der Waals surface area contributed by atoms with Crippen molar-refractivity contribution >= 4 is 27.3 Å². The van der Waals surface area contributed by atoms with E-state index in [4.69, 9.17) is 4.74 Å². The second kappa shape index (κ2) is 8.41. The van der Waals surface area contributed by atoms with Crippen LogP contribution in [0.3, 0.4) is 0 Å². The third-order valence-electron chi connectivity index (χ3n) is 4.80. The van der Waals surface area contributed by atoms with Crippen LogP contribution in [0.2, 0.25) is 0 Å². The number of hydrogen-bond acceptors (Lipinski definition) is 5. The van der Waals surface area contributed by atoms with Crippen LogP contribution in [0.4, 0.5) is 0 Å². The molecule has 1 fully saturated rings. The predicted octanol–water partition coefficient (Wildman–Crippen LogP) is 2.82. The SMILES string of the molecule is COc1ccccc1CN(C)C(=O)[C@H]1CCCN(S(=O)(=O)c2cccs2)C1. The minimum absolute atomic E-state index is 0.0352. The van der Waals surface area contributed by atoms with Gasteiger partial charge in [0.05, 0.1) is 13.0 Å². The molecule has 1 aromatic heterocycles. The van der Waals surface area contributed by atoms with E-state index >= 15 is 0 Å². The van der Waals surface area contributed by atoms with Crippen LogP contribution in [-0.4, -0.2) is 50.8 Å². The van der Waals surface area contributed by atoms with Gasteiger partial charge in [0.15, 0.2) is 0 Å². The number of benzene rings is 1. The van der Waals surface area contributed by atoms with E-state index in [2.05, 4.69) is 0 Å². The summed E-state index contributed by atoms with van der Waals surface area (Å²) in [6.07, 6.45) is 1.38. The molecular formula is C19H24N2O4S2. The summed E-state index contributed by atoms with van der Waals surface area (Å²) in [6.45, 7) is 1.12. The monoisotopic (exact) mass is 408 g/mol. The average Bonchev–Trinajstić information content (AvgIpc) is 3.23. The van der Waals surface area contributed by atoms with Crippen molar-refractivity contribution in [2.75, 3.05) is 27.2 Å². The van der Waals surface area contributed by atoms with Crippen LogP contribution in [0.15, 0.2) is 46.0 Å². The first-order valence-electron chi connectivity index (χ1n) is 8.84. The van der Waals surface area contributed by atoms with Crippen LogP contribution in [0.5, 0.6) is 5.75 Å².